The normalized spacial score (nSPS) is 10.6. The van der Waals surface area contributed by atoms with E-state index in [1.54, 1.807) is 13.4 Å². The number of hydrogen-bond acceptors (Lipinski definition) is 2. The summed E-state index contributed by atoms with van der Waals surface area (Å²) in [5, 5.41) is 0. The van der Waals surface area contributed by atoms with Crippen molar-refractivity contribution in [1.82, 2.24) is 9.97 Å². The Labute approximate surface area is 99.1 Å². The topological polar surface area (TPSA) is 37.9 Å². The van der Waals surface area contributed by atoms with Gasteiger partial charge < -0.3 is 9.72 Å². The van der Waals surface area contributed by atoms with E-state index in [4.69, 9.17) is 4.74 Å². The fraction of sp³-hybridized carbons (Fsp3) is 0.0714. The van der Waals surface area contributed by atoms with Crippen LogP contribution in [0.1, 0.15) is 0 Å². The van der Waals surface area contributed by atoms with E-state index in [0.29, 0.717) is 0 Å². The van der Waals surface area contributed by atoms with Gasteiger partial charge >= 0.3 is 0 Å². The van der Waals surface area contributed by atoms with Crippen molar-refractivity contribution < 1.29 is 4.74 Å². The molecule has 3 rings (SSSR count). The van der Waals surface area contributed by atoms with Crippen LogP contribution < -0.4 is 4.74 Å². The molecule has 1 aromatic heterocycles. The van der Waals surface area contributed by atoms with E-state index < -0.39 is 0 Å². The minimum absolute atomic E-state index is 0.864. The standard InChI is InChI=1S/C14H12N2O/c1-17-13-8-3-2-5-10(13)11-6-4-7-12-14(11)16-9-15-12/h2-9H,1H3,(H,15,16). The molecule has 0 aliphatic rings. The molecule has 0 atom stereocenters. The summed E-state index contributed by atoms with van der Waals surface area (Å²) in [5.74, 6) is 0.864. The first kappa shape index (κ1) is 9.90. The van der Waals surface area contributed by atoms with Crippen LogP contribution >= 0.6 is 0 Å². The lowest BCUT2D eigenvalue weighted by Crippen LogP contribution is -1.88. The van der Waals surface area contributed by atoms with Gasteiger partial charge in [0, 0.05) is 11.1 Å². The molecule has 2 aromatic carbocycles. The number of hydrogen-bond donors (Lipinski definition) is 1. The average Bonchev–Trinajstić information content (AvgIpc) is 2.86. The van der Waals surface area contributed by atoms with Crippen LogP contribution in [-0.4, -0.2) is 17.1 Å². The summed E-state index contributed by atoms with van der Waals surface area (Å²) >= 11 is 0. The van der Waals surface area contributed by atoms with Crippen molar-refractivity contribution in [2.75, 3.05) is 7.11 Å². The number of para-hydroxylation sites is 2. The summed E-state index contributed by atoms with van der Waals surface area (Å²) in [6, 6.07) is 14.1. The third-order valence-corrected chi connectivity index (χ3v) is 2.85. The van der Waals surface area contributed by atoms with Crippen molar-refractivity contribution in [3.63, 3.8) is 0 Å². The maximum absolute atomic E-state index is 5.39. The van der Waals surface area contributed by atoms with Crippen molar-refractivity contribution >= 4 is 11.0 Å². The zero-order chi connectivity index (χ0) is 11.7. The van der Waals surface area contributed by atoms with Gasteiger partial charge in [0.1, 0.15) is 5.75 Å². The van der Waals surface area contributed by atoms with Crippen molar-refractivity contribution in [2.24, 2.45) is 0 Å². The second kappa shape index (κ2) is 3.94. The predicted octanol–water partition coefficient (Wildman–Crippen LogP) is 3.24. The first-order valence-corrected chi connectivity index (χ1v) is 5.45. The first-order chi connectivity index (χ1) is 8.40. The molecule has 84 valence electrons. The van der Waals surface area contributed by atoms with Crippen LogP contribution in [0.5, 0.6) is 5.75 Å². The third-order valence-electron chi connectivity index (χ3n) is 2.85. The van der Waals surface area contributed by atoms with Crippen LogP contribution in [0.2, 0.25) is 0 Å². The van der Waals surface area contributed by atoms with E-state index in [9.17, 15) is 0 Å². The summed E-state index contributed by atoms with van der Waals surface area (Å²) in [6.45, 7) is 0. The number of aromatic amines is 1. The molecule has 0 amide bonds. The molecule has 1 N–H and O–H groups in total. The van der Waals surface area contributed by atoms with Crippen LogP contribution in [-0.2, 0) is 0 Å². The molecule has 0 bridgehead atoms. The van der Waals surface area contributed by atoms with Gasteiger partial charge in [-0.15, -0.1) is 0 Å². The molecule has 17 heavy (non-hydrogen) atoms. The predicted molar refractivity (Wildman–Crippen MR) is 68.1 cm³/mol. The summed E-state index contributed by atoms with van der Waals surface area (Å²) in [5.41, 5.74) is 4.15. The Morgan fingerprint density at radius 2 is 1.82 bits per heavy atom. The number of benzene rings is 2. The SMILES string of the molecule is COc1ccccc1-c1cccc2[nH]cnc12. The number of ether oxygens (including phenoxy) is 1. The van der Waals surface area contributed by atoms with Crippen molar-refractivity contribution in [3.8, 4) is 16.9 Å². The third kappa shape index (κ3) is 1.56. The largest absolute Gasteiger partial charge is 0.496 e. The van der Waals surface area contributed by atoms with Gasteiger partial charge in [-0.3, -0.25) is 0 Å². The van der Waals surface area contributed by atoms with Gasteiger partial charge in [-0.05, 0) is 12.1 Å². The van der Waals surface area contributed by atoms with Gasteiger partial charge in [0.25, 0.3) is 0 Å². The smallest absolute Gasteiger partial charge is 0.126 e. The Morgan fingerprint density at radius 3 is 2.71 bits per heavy atom. The number of imidazole rings is 1. The average molecular weight is 224 g/mol. The number of nitrogens with zero attached hydrogens (tertiary/aromatic N) is 1. The highest BCUT2D eigenvalue weighted by molar-refractivity contribution is 5.93. The lowest BCUT2D eigenvalue weighted by Gasteiger charge is -2.08. The maximum atomic E-state index is 5.39. The molecule has 3 nitrogen and oxygen atoms in total. The Bertz CT molecular complexity index is 658. The Hall–Kier alpha value is -2.29. The Kier molecular flexibility index (Phi) is 2.29. The molecule has 0 radical (unpaired) electrons. The zero-order valence-corrected chi connectivity index (χ0v) is 9.47. The molecule has 0 aliphatic carbocycles. The monoisotopic (exact) mass is 224 g/mol. The molecule has 3 aromatic rings. The number of nitrogens with one attached hydrogen (secondary N) is 1. The first-order valence-electron chi connectivity index (χ1n) is 5.45. The summed E-state index contributed by atoms with van der Waals surface area (Å²) in [6.07, 6.45) is 1.71. The van der Waals surface area contributed by atoms with Gasteiger partial charge in [-0.1, -0.05) is 30.3 Å². The molecule has 0 unspecified atom stereocenters. The van der Waals surface area contributed by atoms with E-state index in [0.717, 1.165) is 27.9 Å². The summed E-state index contributed by atoms with van der Waals surface area (Å²) in [4.78, 5) is 7.47. The second-order valence-electron chi connectivity index (χ2n) is 3.80. The number of rotatable bonds is 2. The van der Waals surface area contributed by atoms with Gasteiger partial charge in [-0.2, -0.15) is 0 Å². The van der Waals surface area contributed by atoms with E-state index in [2.05, 4.69) is 16.0 Å². The van der Waals surface area contributed by atoms with E-state index in [1.165, 1.54) is 0 Å². The van der Waals surface area contributed by atoms with Crippen molar-refractivity contribution in [3.05, 3.63) is 48.8 Å². The Morgan fingerprint density at radius 1 is 1.00 bits per heavy atom. The van der Waals surface area contributed by atoms with Crippen LogP contribution in [0.4, 0.5) is 0 Å². The highest BCUT2D eigenvalue weighted by atomic mass is 16.5. The molecule has 1 heterocycles. The number of methoxy groups -OCH3 is 1. The second-order valence-corrected chi connectivity index (χ2v) is 3.80. The zero-order valence-electron chi connectivity index (χ0n) is 9.47. The van der Waals surface area contributed by atoms with E-state index in [-0.39, 0.29) is 0 Å². The Balaban J connectivity index is 2.30. The van der Waals surface area contributed by atoms with Crippen molar-refractivity contribution in [2.45, 2.75) is 0 Å². The van der Waals surface area contributed by atoms with Gasteiger partial charge in [0.15, 0.2) is 0 Å². The minimum Gasteiger partial charge on any atom is -0.496 e. The van der Waals surface area contributed by atoms with E-state index in [1.807, 2.05) is 36.4 Å². The van der Waals surface area contributed by atoms with Gasteiger partial charge in [0.2, 0.25) is 0 Å². The molecule has 3 heteroatoms. The molecule has 0 aliphatic heterocycles. The van der Waals surface area contributed by atoms with Crippen LogP contribution in [0.3, 0.4) is 0 Å². The lowest BCUT2D eigenvalue weighted by molar-refractivity contribution is 0.416. The lowest BCUT2D eigenvalue weighted by atomic mass is 10.0. The highest BCUT2D eigenvalue weighted by Gasteiger charge is 2.09. The maximum Gasteiger partial charge on any atom is 0.126 e. The summed E-state index contributed by atoms with van der Waals surface area (Å²) in [7, 11) is 1.68. The molecular formula is C14H12N2O. The van der Waals surface area contributed by atoms with Crippen molar-refractivity contribution in [1.29, 1.82) is 0 Å². The van der Waals surface area contributed by atoms with Crippen LogP contribution in [0, 0.1) is 0 Å². The number of aromatic nitrogens is 2. The fourth-order valence-corrected chi connectivity index (χ4v) is 2.05. The molecule has 0 saturated heterocycles. The number of fused-ring (bicyclic) bond motifs is 1. The van der Waals surface area contributed by atoms with E-state index >= 15 is 0 Å². The summed E-state index contributed by atoms with van der Waals surface area (Å²) < 4.78 is 5.39. The molecule has 0 saturated carbocycles. The molecule has 0 fully saturated rings. The highest BCUT2D eigenvalue weighted by Crippen LogP contribution is 2.33. The quantitative estimate of drug-likeness (QED) is 0.725. The minimum atomic E-state index is 0.864. The van der Waals surface area contributed by atoms with Gasteiger partial charge in [0.05, 0.1) is 24.5 Å². The number of H-pyrrole nitrogens is 1. The van der Waals surface area contributed by atoms with Crippen LogP contribution in [0.25, 0.3) is 22.2 Å². The van der Waals surface area contributed by atoms with Gasteiger partial charge in [-0.25, -0.2) is 4.98 Å². The van der Waals surface area contributed by atoms with Crippen LogP contribution in [0.15, 0.2) is 48.8 Å². The molecular weight excluding hydrogens is 212 g/mol. The molecule has 0 spiro atoms. The fourth-order valence-electron chi connectivity index (χ4n) is 2.05.